The van der Waals surface area contributed by atoms with E-state index in [4.69, 9.17) is 0 Å². The zero-order valence-corrected chi connectivity index (χ0v) is 16.5. The Bertz CT molecular complexity index is 595. The second-order valence-electron chi connectivity index (χ2n) is 7.72. The van der Waals surface area contributed by atoms with Gasteiger partial charge in [0.15, 0.2) is 9.84 Å². The van der Waals surface area contributed by atoms with Crippen LogP contribution < -0.4 is 5.32 Å². The fourth-order valence-corrected chi connectivity index (χ4v) is 5.58. The van der Waals surface area contributed by atoms with E-state index in [0.29, 0.717) is 31.6 Å². The van der Waals surface area contributed by atoms with Crippen LogP contribution in [0.3, 0.4) is 0 Å². The molecule has 1 N–H and O–H groups in total. The first kappa shape index (κ1) is 20.2. The van der Waals surface area contributed by atoms with Gasteiger partial charge in [0.2, 0.25) is 11.8 Å². The number of carbonyl (C=O) groups excluding carboxylic acids is 2. The molecular formula is C17H31N3O4S. The molecule has 2 rings (SSSR count). The molecule has 2 saturated heterocycles. The lowest BCUT2D eigenvalue weighted by molar-refractivity contribution is -0.130. The van der Waals surface area contributed by atoms with Gasteiger partial charge >= 0.3 is 0 Å². The first-order valence-electron chi connectivity index (χ1n) is 9.14. The average Bonchev–Trinajstić information content (AvgIpc) is 3.05. The number of hydrogen-bond acceptors (Lipinski definition) is 5. The Morgan fingerprint density at radius 1 is 1.28 bits per heavy atom. The predicted octanol–water partition coefficient (Wildman–Crippen LogP) is 0.257. The lowest BCUT2D eigenvalue weighted by Crippen LogP contribution is -2.44. The molecule has 0 aliphatic carbocycles. The van der Waals surface area contributed by atoms with Crippen LogP contribution in [0.25, 0.3) is 0 Å². The van der Waals surface area contributed by atoms with Gasteiger partial charge in [-0.05, 0) is 34.1 Å². The molecule has 2 aliphatic heterocycles. The molecule has 8 heteroatoms. The Morgan fingerprint density at radius 3 is 2.44 bits per heavy atom. The third-order valence-electron chi connectivity index (χ3n) is 5.17. The van der Waals surface area contributed by atoms with E-state index in [1.807, 2.05) is 0 Å². The summed E-state index contributed by atoms with van der Waals surface area (Å²) in [5.74, 6) is -0.414. The van der Waals surface area contributed by atoms with Crippen LogP contribution in [0.15, 0.2) is 0 Å². The van der Waals surface area contributed by atoms with Crippen molar-refractivity contribution in [2.75, 3.05) is 31.1 Å². The number of likely N-dealkylation sites (tertiary alicyclic amines) is 1. The van der Waals surface area contributed by atoms with Crippen molar-refractivity contribution in [3.63, 3.8) is 0 Å². The summed E-state index contributed by atoms with van der Waals surface area (Å²) in [6.45, 7) is 10.2. The third-order valence-corrected chi connectivity index (χ3v) is 6.92. The lowest BCUT2D eigenvalue weighted by Gasteiger charge is -2.30. The van der Waals surface area contributed by atoms with Crippen molar-refractivity contribution >= 4 is 21.7 Å². The van der Waals surface area contributed by atoms with Crippen molar-refractivity contribution in [1.82, 2.24) is 15.1 Å². The van der Waals surface area contributed by atoms with Crippen molar-refractivity contribution in [1.29, 1.82) is 0 Å². The Kier molecular flexibility index (Phi) is 6.48. The normalized spacial score (nSPS) is 26.2. The highest BCUT2D eigenvalue weighted by atomic mass is 32.2. The summed E-state index contributed by atoms with van der Waals surface area (Å²) in [6, 6.07) is 0.558. The second kappa shape index (κ2) is 8.03. The molecule has 2 amide bonds. The van der Waals surface area contributed by atoms with E-state index in [-0.39, 0.29) is 41.7 Å². The van der Waals surface area contributed by atoms with Gasteiger partial charge < -0.3 is 10.2 Å². The van der Waals surface area contributed by atoms with Crippen LogP contribution >= 0.6 is 0 Å². The van der Waals surface area contributed by atoms with Gasteiger partial charge in [-0.25, -0.2) is 8.42 Å². The molecular weight excluding hydrogens is 342 g/mol. The molecule has 144 valence electrons. The summed E-state index contributed by atoms with van der Waals surface area (Å²) < 4.78 is 23.2. The van der Waals surface area contributed by atoms with E-state index in [0.717, 1.165) is 6.54 Å². The van der Waals surface area contributed by atoms with Gasteiger partial charge in [0.25, 0.3) is 0 Å². The first-order valence-corrected chi connectivity index (χ1v) is 11.0. The summed E-state index contributed by atoms with van der Waals surface area (Å²) in [7, 11) is -3.03. The number of rotatable bonds is 7. The number of nitrogens with one attached hydrogen (secondary N) is 1. The summed E-state index contributed by atoms with van der Waals surface area (Å²) in [6.07, 6.45) is 0.667. The molecule has 2 heterocycles. The van der Waals surface area contributed by atoms with Crippen LogP contribution in [0.5, 0.6) is 0 Å². The van der Waals surface area contributed by atoms with Crippen molar-refractivity contribution in [2.45, 2.75) is 58.7 Å². The summed E-state index contributed by atoms with van der Waals surface area (Å²) in [5, 5.41) is 2.94. The minimum Gasteiger partial charge on any atom is -0.355 e. The van der Waals surface area contributed by atoms with Gasteiger partial charge in [0.1, 0.15) is 0 Å². The van der Waals surface area contributed by atoms with E-state index in [1.54, 1.807) is 4.90 Å². The van der Waals surface area contributed by atoms with Crippen LogP contribution in [0.4, 0.5) is 0 Å². The lowest BCUT2D eigenvalue weighted by atomic mass is 10.1. The monoisotopic (exact) mass is 373 g/mol. The van der Waals surface area contributed by atoms with Crippen LogP contribution in [0.1, 0.15) is 40.5 Å². The summed E-state index contributed by atoms with van der Waals surface area (Å²) in [4.78, 5) is 28.5. The minimum absolute atomic E-state index is 0.0326. The molecule has 0 radical (unpaired) electrons. The molecule has 2 aliphatic rings. The predicted molar refractivity (Wildman–Crippen MR) is 96.9 cm³/mol. The first-order chi connectivity index (χ1) is 11.6. The van der Waals surface area contributed by atoms with Gasteiger partial charge in [-0.3, -0.25) is 14.5 Å². The maximum absolute atomic E-state index is 12.4. The van der Waals surface area contributed by atoms with E-state index in [9.17, 15) is 18.0 Å². The molecule has 2 fully saturated rings. The van der Waals surface area contributed by atoms with Crippen LogP contribution in [0, 0.1) is 5.92 Å². The largest absolute Gasteiger partial charge is 0.355 e. The zero-order chi connectivity index (χ0) is 18.8. The Hall–Kier alpha value is -1.15. The van der Waals surface area contributed by atoms with E-state index >= 15 is 0 Å². The molecule has 0 aromatic heterocycles. The van der Waals surface area contributed by atoms with Gasteiger partial charge in [0.05, 0.1) is 17.4 Å². The minimum atomic E-state index is -3.03. The second-order valence-corrected chi connectivity index (χ2v) is 9.95. The Morgan fingerprint density at radius 2 is 1.92 bits per heavy atom. The fraction of sp³-hybridized carbons (Fsp3) is 0.882. The molecule has 2 atom stereocenters. The number of carbonyl (C=O) groups is 2. The molecule has 0 bridgehead atoms. The third kappa shape index (κ3) is 5.17. The van der Waals surface area contributed by atoms with E-state index in [1.165, 1.54) is 0 Å². The Labute approximate surface area is 151 Å². The standard InChI is InChI=1S/C17H31N3O4S/c1-12(2)19(13(3)4)7-6-18-17(22)14-9-16(21)20(10-14)15-5-8-25(23,24)11-15/h12-15H,5-11H2,1-4H3,(H,18,22)/t14-,15+/m0/s1. The fourth-order valence-electron chi connectivity index (χ4n) is 3.85. The number of hydrogen-bond donors (Lipinski definition) is 1. The number of nitrogens with zero attached hydrogens (tertiary/aromatic N) is 2. The van der Waals surface area contributed by atoms with Crippen LogP contribution in [0.2, 0.25) is 0 Å². The molecule has 0 aromatic carbocycles. The van der Waals surface area contributed by atoms with Gasteiger partial charge in [0, 0.05) is 44.2 Å². The van der Waals surface area contributed by atoms with Crippen molar-refractivity contribution in [3.8, 4) is 0 Å². The molecule has 0 aromatic rings. The number of amides is 2. The van der Waals surface area contributed by atoms with E-state index < -0.39 is 9.84 Å². The topological polar surface area (TPSA) is 86.8 Å². The smallest absolute Gasteiger partial charge is 0.225 e. The van der Waals surface area contributed by atoms with Crippen molar-refractivity contribution in [3.05, 3.63) is 0 Å². The molecule has 0 saturated carbocycles. The zero-order valence-electron chi connectivity index (χ0n) is 15.7. The highest BCUT2D eigenvalue weighted by Crippen LogP contribution is 2.26. The van der Waals surface area contributed by atoms with Gasteiger partial charge in [-0.15, -0.1) is 0 Å². The van der Waals surface area contributed by atoms with Crippen LogP contribution in [-0.2, 0) is 19.4 Å². The molecule has 0 spiro atoms. The van der Waals surface area contributed by atoms with Gasteiger partial charge in [-0.2, -0.15) is 0 Å². The number of sulfone groups is 1. The average molecular weight is 374 g/mol. The quantitative estimate of drug-likeness (QED) is 0.692. The molecule has 25 heavy (non-hydrogen) atoms. The Balaban J connectivity index is 1.82. The highest BCUT2D eigenvalue weighted by molar-refractivity contribution is 7.91. The maximum atomic E-state index is 12.4. The molecule has 0 unspecified atom stereocenters. The SMILES string of the molecule is CC(C)N(CCNC(=O)[C@H]1CC(=O)N([C@@H]2CCS(=O)(=O)C2)C1)C(C)C. The van der Waals surface area contributed by atoms with Crippen molar-refractivity contribution in [2.24, 2.45) is 5.92 Å². The summed E-state index contributed by atoms with van der Waals surface area (Å²) in [5.41, 5.74) is 0. The van der Waals surface area contributed by atoms with E-state index in [2.05, 4.69) is 37.9 Å². The van der Waals surface area contributed by atoms with Gasteiger partial charge in [-0.1, -0.05) is 0 Å². The highest BCUT2D eigenvalue weighted by Gasteiger charge is 2.41. The summed E-state index contributed by atoms with van der Waals surface area (Å²) >= 11 is 0. The molecule has 7 nitrogen and oxygen atoms in total. The van der Waals surface area contributed by atoms with Crippen molar-refractivity contribution < 1.29 is 18.0 Å². The van der Waals surface area contributed by atoms with Crippen LogP contribution in [-0.4, -0.2) is 79.3 Å². The maximum Gasteiger partial charge on any atom is 0.225 e.